The van der Waals surface area contributed by atoms with E-state index < -0.39 is 114 Å². The topological polar surface area (TPSA) is 213 Å². The third-order valence-corrected chi connectivity index (χ3v) is 12.7. The molecule has 3 saturated heterocycles. The molecule has 19 nitrogen and oxygen atoms in total. The van der Waals surface area contributed by atoms with Crippen LogP contribution >= 0.6 is 0 Å². The van der Waals surface area contributed by atoms with Gasteiger partial charge in [0, 0.05) is 54.3 Å². The number of benzene rings is 3. The molecule has 0 saturated carbocycles. The van der Waals surface area contributed by atoms with Crippen LogP contribution in [0.3, 0.4) is 0 Å². The SMILES string of the molecule is COC(=O)[C@H]1O[C@@H](O[C@H]2[C@H](CS(=O)(=O)[O-])[C@@H](OCc3ccccc3)[C@@H](OC)O[C@@H]2COCc2ccccc2)[C@H](OC)[C@@H](OC)[C@@H]1O[C@H]1O[C@H](COCc2ccccc2)[C@@H](OC)[C@H](OC)[C@H]1OC.[Na+]. The molecule has 3 aliphatic heterocycles. The van der Waals surface area contributed by atoms with Crippen molar-refractivity contribution in [2.75, 3.05) is 68.7 Å². The standard InChI is InChI=1S/C47H64O19S.Na/c1-52-37-34(27-60-24-30-19-13-9-14-20-30)63-46(42(55-4)38(37)53-2)65-40-39(54-3)43(56-5)47(66-41(40)44(48)57-6)64-35-32(28-67(49,50)51)36(61-25-31-21-15-10-16-22-31)45(58-7)62-33(35)26-59-23-29-17-11-8-12-18-29;/h8-22,32-43,45-47H,23-28H2,1-7H3,(H,49,50,51);/q;+1/p-1/t32-,33+,34+,35-,36+,37+,38-,39-,40-,41-,42+,43+,45-,46+,47+;/m0./s1. The summed E-state index contributed by atoms with van der Waals surface area (Å²) in [7, 11) is 4.80. The number of ether oxygens (including phenoxy) is 15. The van der Waals surface area contributed by atoms with Gasteiger partial charge in [-0.25, -0.2) is 13.2 Å². The van der Waals surface area contributed by atoms with Crippen LogP contribution < -0.4 is 29.6 Å². The van der Waals surface area contributed by atoms with Crippen molar-refractivity contribution in [1.29, 1.82) is 0 Å². The molecule has 0 spiro atoms. The number of hydrogen-bond donors (Lipinski definition) is 0. The second-order valence-electron chi connectivity index (χ2n) is 16.1. The number of rotatable bonds is 24. The normalized spacial score (nSPS) is 32.0. The second-order valence-corrected chi connectivity index (χ2v) is 17.6. The number of esters is 1. The first-order valence-electron chi connectivity index (χ1n) is 21.8. The number of carbonyl (C=O) groups excluding carboxylic acids is 1. The molecule has 68 heavy (non-hydrogen) atoms. The minimum absolute atomic E-state index is 0. The Morgan fingerprint density at radius 1 is 0.515 bits per heavy atom. The molecular weight excluding hydrogens is 924 g/mol. The Morgan fingerprint density at radius 2 is 0.941 bits per heavy atom. The van der Waals surface area contributed by atoms with E-state index in [1.165, 1.54) is 49.8 Å². The van der Waals surface area contributed by atoms with Crippen molar-refractivity contribution >= 4 is 16.1 Å². The summed E-state index contributed by atoms with van der Waals surface area (Å²) in [5.41, 5.74) is 2.56. The number of methoxy groups -OCH3 is 7. The zero-order valence-electron chi connectivity index (χ0n) is 39.7. The van der Waals surface area contributed by atoms with E-state index in [4.69, 9.17) is 71.1 Å². The van der Waals surface area contributed by atoms with Gasteiger partial charge in [0.25, 0.3) is 0 Å². The van der Waals surface area contributed by atoms with E-state index in [1.807, 2.05) is 91.0 Å². The molecule has 3 aromatic carbocycles. The summed E-state index contributed by atoms with van der Waals surface area (Å²) < 4.78 is 130. The molecule has 6 rings (SSSR count). The van der Waals surface area contributed by atoms with Gasteiger partial charge in [0.1, 0.15) is 54.9 Å². The Hall–Kier alpha value is -2.52. The fourth-order valence-corrected chi connectivity index (χ4v) is 9.61. The van der Waals surface area contributed by atoms with Crippen molar-refractivity contribution < 1.29 is 118 Å². The molecule has 0 N–H and O–H groups in total. The first kappa shape index (κ1) is 56.4. The van der Waals surface area contributed by atoms with Gasteiger partial charge >= 0.3 is 35.5 Å². The predicted octanol–water partition coefficient (Wildman–Crippen LogP) is 0.0103. The summed E-state index contributed by atoms with van der Waals surface area (Å²) in [5.74, 6) is -3.09. The summed E-state index contributed by atoms with van der Waals surface area (Å²) >= 11 is 0. The third-order valence-electron chi connectivity index (χ3n) is 12.0. The van der Waals surface area contributed by atoms with E-state index >= 15 is 0 Å². The largest absolute Gasteiger partial charge is 1.00 e. The van der Waals surface area contributed by atoms with Crippen molar-refractivity contribution in [3.63, 3.8) is 0 Å². The van der Waals surface area contributed by atoms with Crippen molar-refractivity contribution in [3.05, 3.63) is 108 Å². The van der Waals surface area contributed by atoms with Gasteiger partial charge in [-0.1, -0.05) is 91.0 Å². The van der Waals surface area contributed by atoms with Gasteiger partial charge in [0.2, 0.25) is 0 Å². The molecule has 0 aliphatic carbocycles. The second kappa shape index (κ2) is 27.9. The predicted molar refractivity (Wildman–Crippen MR) is 234 cm³/mol. The molecule has 15 atom stereocenters. The summed E-state index contributed by atoms with van der Waals surface area (Å²) in [6.07, 6.45) is -15.9. The maximum atomic E-state index is 13.9. The molecule has 0 aromatic heterocycles. The number of hydrogen-bond acceptors (Lipinski definition) is 19. The van der Waals surface area contributed by atoms with Crippen LogP contribution in [0, 0.1) is 5.92 Å². The molecular formula is C47H63NaO19S. The van der Waals surface area contributed by atoms with Crippen molar-refractivity contribution in [2.24, 2.45) is 5.92 Å². The van der Waals surface area contributed by atoms with E-state index in [0.717, 1.165) is 16.7 Å². The van der Waals surface area contributed by atoms with Gasteiger partial charge in [-0.2, -0.15) is 0 Å². The van der Waals surface area contributed by atoms with E-state index in [9.17, 15) is 17.8 Å². The summed E-state index contributed by atoms with van der Waals surface area (Å²) in [5, 5.41) is 0. The van der Waals surface area contributed by atoms with E-state index in [1.54, 1.807) is 0 Å². The maximum Gasteiger partial charge on any atom is 1.00 e. The van der Waals surface area contributed by atoms with Crippen LogP contribution in [-0.4, -0.2) is 174 Å². The Kier molecular flexibility index (Phi) is 23.2. The molecule has 21 heteroatoms. The van der Waals surface area contributed by atoms with Crippen LogP contribution in [0.15, 0.2) is 91.0 Å². The minimum atomic E-state index is -4.97. The summed E-state index contributed by atoms with van der Waals surface area (Å²) in [4.78, 5) is 13.9. The maximum absolute atomic E-state index is 13.9. The van der Waals surface area contributed by atoms with E-state index in [-0.39, 0.29) is 62.6 Å². The minimum Gasteiger partial charge on any atom is -0.748 e. The van der Waals surface area contributed by atoms with Crippen LogP contribution in [0.5, 0.6) is 0 Å². The van der Waals surface area contributed by atoms with Crippen LogP contribution in [0.25, 0.3) is 0 Å². The smallest absolute Gasteiger partial charge is 0.748 e. The van der Waals surface area contributed by atoms with Crippen molar-refractivity contribution in [2.45, 2.75) is 106 Å². The molecule has 3 heterocycles. The van der Waals surface area contributed by atoms with Gasteiger partial charge in [0.05, 0.1) is 56.4 Å². The molecule has 372 valence electrons. The van der Waals surface area contributed by atoms with Crippen LogP contribution in [-0.2, 0) is 106 Å². The fraction of sp³-hybridized carbons (Fsp3) is 0.596. The van der Waals surface area contributed by atoms with E-state index in [0.29, 0.717) is 0 Å². The zero-order chi connectivity index (χ0) is 47.9. The van der Waals surface area contributed by atoms with Crippen molar-refractivity contribution in [3.8, 4) is 0 Å². The Morgan fingerprint density at radius 3 is 1.40 bits per heavy atom. The Bertz CT molecular complexity index is 2010. The summed E-state index contributed by atoms with van der Waals surface area (Å²) in [6.45, 7) is 0.344. The monoisotopic (exact) mass is 986 g/mol. The van der Waals surface area contributed by atoms with Gasteiger partial charge in [-0.05, 0) is 16.7 Å². The molecule has 0 bridgehead atoms. The number of carbonyl (C=O) groups is 1. The first-order valence-corrected chi connectivity index (χ1v) is 23.4. The third kappa shape index (κ3) is 14.8. The summed E-state index contributed by atoms with van der Waals surface area (Å²) in [6, 6.07) is 28.1. The van der Waals surface area contributed by atoms with Gasteiger partial charge < -0.3 is 75.6 Å². The van der Waals surface area contributed by atoms with Crippen LogP contribution in [0.2, 0.25) is 0 Å². The first-order chi connectivity index (χ1) is 32.5. The quantitative estimate of drug-likeness (QED) is 0.0657. The van der Waals surface area contributed by atoms with Crippen LogP contribution in [0.4, 0.5) is 0 Å². The van der Waals surface area contributed by atoms with E-state index in [2.05, 4.69) is 0 Å². The zero-order valence-corrected chi connectivity index (χ0v) is 42.5. The molecule has 0 radical (unpaired) electrons. The molecule has 0 unspecified atom stereocenters. The van der Waals surface area contributed by atoms with Gasteiger partial charge in [-0.15, -0.1) is 0 Å². The van der Waals surface area contributed by atoms with Gasteiger partial charge in [0.15, 0.2) is 25.0 Å². The molecule has 3 fully saturated rings. The Labute approximate surface area is 420 Å². The average Bonchev–Trinajstić information content (AvgIpc) is 3.34. The average molecular weight is 987 g/mol. The van der Waals surface area contributed by atoms with Gasteiger partial charge in [-0.3, -0.25) is 0 Å². The molecule has 0 amide bonds. The fourth-order valence-electron chi connectivity index (χ4n) is 8.76. The molecule has 3 aliphatic rings. The molecule has 3 aromatic rings. The Balaban J connectivity index is 0.00000864. The van der Waals surface area contributed by atoms with Crippen LogP contribution in [0.1, 0.15) is 16.7 Å². The van der Waals surface area contributed by atoms with Crippen molar-refractivity contribution in [1.82, 2.24) is 0 Å².